The van der Waals surface area contributed by atoms with Gasteiger partial charge in [0, 0.05) is 23.7 Å². The zero-order valence-electron chi connectivity index (χ0n) is 13.9. The molecule has 3 aromatic rings. The summed E-state index contributed by atoms with van der Waals surface area (Å²) in [5, 5.41) is 13.2. The van der Waals surface area contributed by atoms with E-state index in [1.165, 1.54) is 11.3 Å². The number of nitrogens with one attached hydrogen (secondary N) is 1. The predicted molar refractivity (Wildman–Crippen MR) is 104 cm³/mol. The molecule has 0 spiro atoms. The molecular formula is C17H17ClN4O2S2. The van der Waals surface area contributed by atoms with E-state index in [1.807, 2.05) is 24.3 Å². The van der Waals surface area contributed by atoms with Gasteiger partial charge < -0.3 is 14.5 Å². The van der Waals surface area contributed by atoms with Crippen LogP contribution in [-0.4, -0.2) is 34.4 Å². The number of anilines is 1. The molecule has 136 valence electrons. The summed E-state index contributed by atoms with van der Waals surface area (Å²) in [6.07, 6.45) is 4.26. The van der Waals surface area contributed by atoms with Crippen molar-refractivity contribution >= 4 is 39.8 Å². The van der Waals surface area contributed by atoms with Crippen molar-refractivity contribution in [2.24, 2.45) is 0 Å². The van der Waals surface area contributed by atoms with Crippen LogP contribution in [0.2, 0.25) is 5.02 Å². The number of benzene rings is 1. The van der Waals surface area contributed by atoms with E-state index in [2.05, 4.69) is 20.5 Å². The van der Waals surface area contributed by atoms with E-state index >= 15 is 0 Å². The van der Waals surface area contributed by atoms with Crippen LogP contribution in [0.5, 0.6) is 0 Å². The van der Waals surface area contributed by atoms with E-state index in [0.29, 0.717) is 16.7 Å². The highest BCUT2D eigenvalue weighted by molar-refractivity contribution is 8.00. The van der Waals surface area contributed by atoms with Crippen molar-refractivity contribution < 1.29 is 9.15 Å². The van der Waals surface area contributed by atoms with Gasteiger partial charge in [-0.15, -0.1) is 10.2 Å². The number of hydrogen-bond acceptors (Lipinski definition) is 8. The summed E-state index contributed by atoms with van der Waals surface area (Å²) in [6, 6.07) is 7.49. The number of rotatable bonds is 7. The molecule has 0 amide bonds. The first-order valence-corrected chi connectivity index (χ1v) is 10.5. The number of aromatic nitrogens is 3. The first-order chi connectivity index (χ1) is 12.8. The van der Waals surface area contributed by atoms with Gasteiger partial charge in [0.2, 0.25) is 11.0 Å². The molecule has 1 unspecified atom stereocenters. The molecule has 1 aliphatic rings. The predicted octanol–water partition coefficient (Wildman–Crippen LogP) is 4.73. The SMILES string of the molecule is Clc1ccc(-c2cnc(CSc3nnc(NCC4CCCO4)s3)o2)cc1. The van der Waals surface area contributed by atoms with Crippen LogP contribution in [0.4, 0.5) is 5.13 Å². The molecule has 1 fully saturated rings. The highest BCUT2D eigenvalue weighted by atomic mass is 35.5. The second-order valence-corrected chi connectivity index (χ2v) is 8.44. The van der Waals surface area contributed by atoms with Gasteiger partial charge in [-0.1, -0.05) is 34.7 Å². The van der Waals surface area contributed by atoms with E-state index in [-0.39, 0.29) is 6.10 Å². The van der Waals surface area contributed by atoms with Crippen LogP contribution >= 0.6 is 34.7 Å². The average molecular weight is 409 g/mol. The molecule has 0 bridgehead atoms. The van der Waals surface area contributed by atoms with Gasteiger partial charge in [-0.3, -0.25) is 0 Å². The molecule has 0 radical (unpaired) electrons. The average Bonchev–Trinajstić information content (AvgIpc) is 3.40. The normalized spacial score (nSPS) is 16.9. The fourth-order valence-electron chi connectivity index (χ4n) is 2.59. The van der Waals surface area contributed by atoms with Gasteiger partial charge in [-0.25, -0.2) is 4.98 Å². The molecule has 1 aliphatic heterocycles. The van der Waals surface area contributed by atoms with Crippen LogP contribution in [0.15, 0.2) is 39.2 Å². The number of halogens is 1. The number of thioether (sulfide) groups is 1. The zero-order valence-corrected chi connectivity index (χ0v) is 16.2. The van der Waals surface area contributed by atoms with Crippen LogP contribution < -0.4 is 5.32 Å². The number of hydrogen-bond donors (Lipinski definition) is 1. The summed E-state index contributed by atoms with van der Waals surface area (Å²) in [5.41, 5.74) is 0.953. The van der Waals surface area contributed by atoms with E-state index in [1.54, 1.807) is 18.0 Å². The van der Waals surface area contributed by atoms with Crippen LogP contribution in [-0.2, 0) is 10.5 Å². The lowest BCUT2D eigenvalue weighted by atomic mass is 10.2. The third-order valence-electron chi connectivity index (χ3n) is 3.91. The van der Waals surface area contributed by atoms with E-state index in [0.717, 1.165) is 46.8 Å². The molecule has 4 rings (SSSR count). The molecular weight excluding hydrogens is 392 g/mol. The molecule has 1 aromatic carbocycles. The number of ether oxygens (including phenoxy) is 1. The maximum Gasteiger partial charge on any atom is 0.206 e. The van der Waals surface area contributed by atoms with Gasteiger partial charge in [0.15, 0.2) is 10.1 Å². The molecule has 6 nitrogen and oxygen atoms in total. The molecule has 1 saturated heterocycles. The quantitative estimate of drug-likeness (QED) is 0.566. The lowest BCUT2D eigenvalue weighted by Crippen LogP contribution is -2.18. The Balaban J connectivity index is 1.29. The Morgan fingerprint density at radius 3 is 2.96 bits per heavy atom. The molecule has 1 atom stereocenters. The molecule has 3 heterocycles. The van der Waals surface area contributed by atoms with E-state index < -0.39 is 0 Å². The fourth-order valence-corrected chi connectivity index (χ4v) is 4.33. The number of nitrogens with zero attached hydrogens (tertiary/aromatic N) is 3. The molecule has 26 heavy (non-hydrogen) atoms. The Kier molecular flexibility index (Phi) is 5.74. The summed E-state index contributed by atoms with van der Waals surface area (Å²) in [6.45, 7) is 1.64. The topological polar surface area (TPSA) is 73.1 Å². The molecule has 9 heteroatoms. The van der Waals surface area contributed by atoms with Crippen molar-refractivity contribution in [2.75, 3.05) is 18.5 Å². The largest absolute Gasteiger partial charge is 0.440 e. The second kappa shape index (κ2) is 8.39. The van der Waals surface area contributed by atoms with Crippen LogP contribution in [0.25, 0.3) is 11.3 Å². The van der Waals surface area contributed by atoms with E-state index in [9.17, 15) is 0 Å². The monoisotopic (exact) mass is 408 g/mol. The Morgan fingerprint density at radius 2 is 2.15 bits per heavy atom. The summed E-state index contributed by atoms with van der Waals surface area (Å²) < 4.78 is 12.3. The lowest BCUT2D eigenvalue weighted by Gasteiger charge is -2.08. The van der Waals surface area contributed by atoms with Gasteiger partial charge in [0.05, 0.1) is 18.1 Å². The maximum atomic E-state index is 5.91. The standard InChI is InChI=1S/C17H17ClN4O2S2/c18-12-5-3-11(4-6-12)14-9-19-15(24-14)10-25-17-22-21-16(26-17)20-8-13-2-1-7-23-13/h3-6,9,13H,1-2,7-8,10H2,(H,20,21). The minimum atomic E-state index is 0.286. The minimum absolute atomic E-state index is 0.286. The zero-order chi connectivity index (χ0) is 17.8. The molecule has 0 aliphatic carbocycles. The lowest BCUT2D eigenvalue weighted by molar-refractivity contribution is 0.120. The first kappa shape index (κ1) is 17.8. The Morgan fingerprint density at radius 1 is 1.27 bits per heavy atom. The van der Waals surface area contributed by atoms with Crippen molar-refractivity contribution in [1.29, 1.82) is 0 Å². The third-order valence-corrected chi connectivity index (χ3v) is 6.16. The highest BCUT2D eigenvalue weighted by Gasteiger charge is 2.16. The Labute approximate surface area is 164 Å². The summed E-state index contributed by atoms with van der Waals surface area (Å²) >= 11 is 9.00. The third kappa shape index (κ3) is 4.56. The van der Waals surface area contributed by atoms with E-state index in [4.69, 9.17) is 20.8 Å². The summed E-state index contributed by atoms with van der Waals surface area (Å²) in [4.78, 5) is 4.33. The molecule has 1 N–H and O–H groups in total. The molecule has 0 saturated carbocycles. The summed E-state index contributed by atoms with van der Waals surface area (Å²) in [5.74, 6) is 1.99. The second-order valence-electron chi connectivity index (χ2n) is 5.80. The van der Waals surface area contributed by atoms with Gasteiger partial charge in [0.25, 0.3) is 0 Å². The van der Waals surface area contributed by atoms with Crippen molar-refractivity contribution in [1.82, 2.24) is 15.2 Å². The van der Waals surface area contributed by atoms with Gasteiger partial charge >= 0.3 is 0 Å². The number of oxazole rings is 1. The maximum absolute atomic E-state index is 5.91. The highest BCUT2D eigenvalue weighted by Crippen LogP contribution is 2.30. The van der Waals surface area contributed by atoms with Crippen LogP contribution in [0.3, 0.4) is 0 Å². The van der Waals surface area contributed by atoms with Crippen molar-refractivity contribution in [2.45, 2.75) is 29.0 Å². The first-order valence-electron chi connectivity index (χ1n) is 8.29. The van der Waals surface area contributed by atoms with Crippen LogP contribution in [0.1, 0.15) is 18.7 Å². The Bertz CT molecular complexity index is 847. The Hall–Kier alpha value is -1.61. The van der Waals surface area contributed by atoms with Gasteiger partial charge in [0.1, 0.15) is 0 Å². The fraction of sp³-hybridized carbons (Fsp3) is 0.353. The van der Waals surface area contributed by atoms with Crippen LogP contribution in [0, 0.1) is 0 Å². The smallest absolute Gasteiger partial charge is 0.206 e. The van der Waals surface area contributed by atoms with Crippen molar-refractivity contribution in [3.05, 3.63) is 41.4 Å². The van der Waals surface area contributed by atoms with Gasteiger partial charge in [-0.2, -0.15) is 0 Å². The van der Waals surface area contributed by atoms with Crippen molar-refractivity contribution in [3.8, 4) is 11.3 Å². The minimum Gasteiger partial charge on any atom is -0.440 e. The van der Waals surface area contributed by atoms with Gasteiger partial charge in [-0.05, 0) is 37.1 Å². The summed E-state index contributed by atoms with van der Waals surface area (Å²) in [7, 11) is 0. The van der Waals surface area contributed by atoms with Crippen molar-refractivity contribution in [3.63, 3.8) is 0 Å². The molecule has 2 aromatic heterocycles.